The molecule has 0 bridgehead atoms. The topological polar surface area (TPSA) is 59.7 Å². The highest BCUT2D eigenvalue weighted by Gasteiger charge is 2.34. The van der Waals surface area contributed by atoms with E-state index < -0.39 is 29.3 Å². The summed E-state index contributed by atoms with van der Waals surface area (Å²) in [7, 11) is 0. The van der Waals surface area contributed by atoms with Crippen LogP contribution in [0.1, 0.15) is 16.1 Å². The molecule has 1 N–H and O–H groups in total. The average Bonchev–Trinajstić information content (AvgIpc) is 2.79. The standard InChI is InChI=1S/C12H6F4O4/c13-8-2-1-6(5-7(8)12(14,15)16)19-10-4-3-9(20-10)11(17)18/h1-5H,(H,17,18). The van der Waals surface area contributed by atoms with Gasteiger partial charge in [0.1, 0.15) is 11.6 Å². The van der Waals surface area contributed by atoms with E-state index in [4.69, 9.17) is 14.3 Å². The van der Waals surface area contributed by atoms with Crippen LogP contribution in [0.2, 0.25) is 0 Å². The van der Waals surface area contributed by atoms with Gasteiger partial charge in [0.2, 0.25) is 5.76 Å². The Kier molecular flexibility index (Phi) is 3.39. The molecular formula is C12H6F4O4. The molecule has 2 aromatic rings. The number of furan rings is 1. The minimum absolute atomic E-state index is 0.317. The van der Waals surface area contributed by atoms with Crippen molar-refractivity contribution in [1.82, 2.24) is 0 Å². The molecule has 0 saturated carbocycles. The summed E-state index contributed by atoms with van der Waals surface area (Å²) < 4.78 is 60.1. The summed E-state index contributed by atoms with van der Waals surface area (Å²) in [5, 5.41) is 8.60. The van der Waals surface area contributed by atoms with Gasteiger partial charge in [-0.2, -0.15) is 13.2 Å². The van der Waals surface area contributed by atoms with Gasteiger partial charge >= 0.3 is 12.1 Å². The Hall–Kier alpha value is -2.51. The number of benzene rings is 1. The number of rotatable bonds is 3. The lowest BCUT2D eigenvalue weighted by molar-refractivity contribution is -0.140. The van der Waals surface area contributed by atoms with Gasteiger partial charge in [-0.05, 0) is 24.3 Å². The fourth-order valence-electron chi connectivity index (χ4n) is 1.39. The lowest BCUT2D eigenvalue weighted by atomic mass is 10.2. The van der Waals surface area contributed by atoms with Crippen molar-refractivity contribution in [2.75, 3.05) is 0 Å². The van der Waals surface area contributed by atoms with Crippen LogP contribution in [0.3, 0.4) is 0 Å². The number of alkyl halides is 3. The molecule has 0 saturated heterocycles. The van der Waals surface area contributed by atoms with E-state index in [1.807, 2.05) is 0 Å². The maximum Gasteiger partial charge on any atom is 0.419 e. The van der Waals surface area contributed by atoms with Gasteiger partial charge in [0, 0.05) is 6.07 Å². The Labute approximate surface area is 109 Å². The van der Waals surface area contributed by atoms with Crippen molar-refractivity contribution in [3.05, 3.63) is 47.5 Å². The van der Waals surface area contributed by atoms with Gasteiger partial charge in [0.05, 0.1) is 5.56 Å². The highest BCUT2D eigenvalue weighted by Crippen LogP contribution is 2.35. The first-order chi connectivity index (χ1) is 9.27. The molecule has 20 heavy (non-hydrogen) atoms. The van der Waals surface area contributed by atoms with Gasteiger partial charge in [-0.25, -0.2) is 9.18 Å². The van der Waals surface area contributed by atoms with Gasteiger partial charge in [0.25, 0.3) is 5.95 Å². The third-order valence-corrected chi connectivity index (χ3v) is 2.25. The fraction of sp³-hybridized carbons (Fsp3) is 0.0833. The number of hydrogen-bond donors (Lipinski definition) is 1. The number of carbonyl (C=O) groups is 1. The third kappa shape index (κ3) is 2.90. The van der Waals surface area contributed by atoms with Gasteiger partial charge in [-0.1, -0.05) is 0 Å². The molecule has 0 fully saturated rings. The number of ether oxygens (including phenoxy) is 1. The third-order valence-electron chi connectivity index (χ3n) is 2.25. The molecule has 8 heteroatoms. The highest BCUT2D eigenvalue weighted by atomic mass is 19.4. The zero-order valence-electron chi connectivity index (χ0n) is 9.57. The molecule has 0 unspecified atom stereocenters. The summed E-state index contributed by atoms with van der Waals surface area (Å²) >= 11 is 0. The van der Waals surface area contributed by atoms with E-state index in [0.717, 1.165) is 18.2 Å². The van der Waals surface area contributed by atoms with Crippen LogP contribution in [0.5, 0.6) is 11.7 Å². The van der Waals surface area contributed by atoms with Crippen LogP contribution in [0.25, 0.3) is 0 Å². The van der Waals surface area contributed by atoms with E-state index in [1.54, 1.807) is 0 Å². The van der Waals surface area contributed by atoms with Gasteiger partial charge in [-0.15, -0.1) is 0 Å². The molecule has 1 heterocycles. The van der Waals surface area contributed by atoms with Crippen molar-refractivity contribution in [2.24, 2.45) is 0 Å². The van der Waals surface area contributed by atoms with Crippen molar-refractivity contribution in [2.45, 2.75) is 6.18 Å². The van der Waals surface area contributed by atoms with Crippen LogP contribution in [0.15, 0.2) is 34.7 Å². The SMILES string of the molecule is O=C(O)c1ccc(Oc2ccc(F)c(C(F)(F)F)c2)o1. The van der Waals surface area contributed by atoms with Crippen LogP contribution >= 0.6 is 0 Å². The zero-order chi connectivity index (χ0) is 14.9. The summed E-state index contributed by atoms with van der Waals surface area (Å²) in [6.45, 7) is 0. The maximum absolute atomic E-state index is 13.0. The van der Waals surface area contributed by atoms with E-state index in [-0.39, 0.29) is 11.7 Å². The normalized spacial score (nSPS) is 11.4. The second kappa shape index (κ2) is 4.87. The molecule has 0 aliphatic carbocycles. The van der Waals surface area contributed by atoms with Crippen molar-refractivity contribution in [3.63, 3.8) is 0 Å². The maximum atomic E-state index is 13.0. The van der Waals surface area contributed by atoms with E-state index in [1.165, 1.54) is 0 Å². The Morgan fingerprint density at radius 3 is 2.45 bits per heavy atom. The average molecular weight is 290 g/mol. The van der Waals surface area contributed by atoms with Crippen LogP contribution in [-0.2, 0) is 6.18 Å². The Morgan fingerprint density at radius 1 is 1.20 bits per heavy atom. The molecule has 0 spiro atoms. The molecule has 0 aliphatic heterocycles. The first kappa shape index (κ1) is 13.9. The van der Waals surface area contributed by atoms with E-state index in [2.05, 4.69) is 0 Å². The molecule has 0 amide bonds. The molecule has 0 radical (unpaired) electrons. The number of hydrogen-bond acceptors (Lipinski definition) is 3. The minimum atomic E-state index is -4.86. The molecule has 4 nitrogen and oxygen atoms in total. The fourth-order valence-corrected chi connectivity index (χ4v) is 1.39. The second-order valence-electron chi connectivity index (χ2n) is 3.67. The summed E-state index contributed by atoms with van der Waals surface area (Å²) in [6.07, 6.45) is -4.86. The van der Waals surface area contributed by atoms with Crippen molar-refractivity contribution >= 4 is 5.97 Å². The van der Waals surface area contributed by atoms with E-state index in [9.17, 15) is 22.4 Å². The van der Waals surface area contributed by atoms with Crippen LogP contribution in [0.4, 0.5) is 17.6 Å². The molecule has 0 atom stereocenters. The number of halogens is 4. The molecule has 1 aromatic heterocycles. The predicted octanol–water partition coefficient (Wildman–Crippen LogP) is 3.93. The molecular weight excluding hydrogens is 284 g/mol. The van der Waals surface area contributed by atoms with Crippen molar-refractivity contribution < 1.29 is 36.6 Å². The molecule has 0 aliphatic rings. The molecule has 2 rings (SSSR count). The van der Waals surface area contributed by atoms with E-state index in [0.29, 0.717) is 12.1 Å². The monoisotopic (exact) mass is 290 g/mol. The smallest absolute Gasteiger partial charge is 0.419 e. The van der Waals surface area contributed by atoms with Crippen LogP contribution in [0, 0.1) is 5.82 Å². The van der Waals surface area contributed by atoms with Gasteiger partial charge < -0.3 is 14.3 Å². The quantitative estimate of drug-likeness (QED) is 0.870. The molecule has 1 aromatic carbocycles. The lowest BCUT2D eigenvalue weighted by Gasteiger charge is -2.09. The van der Waals surface area contributed by atoms with Crippen LogP contribution < -0.4 is 4.74 Å². The van der Waals surface area contributed by atoms with Crippen molar-refractivity contribution in [1.29, 1.82) is 0 Å². The first-order valence-electron chi connectivity index (χ1n) is 5.15. The minimum Gasteiger partial charge on any atom is -0.475 e. The summed E-state index contributed by atoms with van der Waals surface area (Å²) in [5.41, 5.74) is -1.49. The highest BCUT2D eigenvalue weighted by molar-refractivity contribution is 5.84. The zero-order valence-corrected chi connectivity index (χ0v) is 9.57. The Balaban J connectivity index is 2.27. The number of carboxylic acid groups (broad SMARTS) is 1. The van der Waals surface area contributed by atoms with Gasteiger partial charge in [0.15, 0.2) is 0 Å². The van der Waals surface area contributed by atoms with Crippen molar-refractivity contribution in [3.8, 4) is 11.7 Å². The summed E-state index contributed by atoms with van der Waals surface area (Å²) in [5.74, 6) is -3.87. The van der Waals surface area contributed by atoms with Crippen LogP contribution in [-0.4, -0.2) is 11.1 Å². The molecule has 106 valence electrons. The van der Waals surface area contributed by atoms with Gasteiger partial charge in [-0.3, -0.25) is 0 Å². The van der Waals surface area contributed by atoms with E-state index >= 15 is 0 Å². The largest absolute Gasteiger partial charge is 0.475 e. The first-order valence-corrected chi connectivity index (χ1v) is 5.15. The second-order valence-corrected chi connectivity index (χ2v) is 3.67. The Bertz CT molecular complexity index is 645. The summed E-state index contributed by atoms with van der Waals surface area (Å²) in [6, 6.07) is 4.22. The predicted molar refractivity (Wildman–Crippen MR) is 57.1 cm³/mol. The number of aromatic carboxylic acids is 1. The Morgan fingerprint density at radius 2 is 1.90 bits per heavy atom. The lowest BCUT2D eigenvalue weighted by Crippen LogP contribution is -2.08. The number of carboxylic acids is 1. The summed E-state index contributed by atoms with van der Waals surface area (Å²) in [4.78, 5) is 10.5.